The molecular weight excluding hydrogens is 465 g/mol. The molecule has 0 bridgehead atoms. The predicted octanol–water partition coefficient (Wildman–Crippen LogP) is 4.50. The Kier molecular flexibility index (Phi) is 7.66. The maximum atomic E-state index is 11.7. The first-order valence-corrected chi connectivity index (χ1v) is 10.0. The molecule has 1 aromatic carbocycles. The summed E-state index contributed by atoms with van der Waals surface area (Å²) in [5.74, 6) is 0.843. The van der Waals surface area contributed by atoms with Crippen LogP contribution in [0.5, 0.6) is 5.75 Å². The number of hydrogen-bond acceptors (Lipinski definition) is 6. The SMILES string of the molecule is CN(I)CCOc1ccc(-c2ncc(CNC(=O)OC(C)(C)C)s2)cc1. The number of thiazole rings is 1. The van der Waals surface area contributed by atoms with Crippen molar-refractivity contribution in [3.8, 4) is 16.3 Å². The molecule has 1 amide bonds. The lowest BCUT2D eigenvalue weighted by molar-refractivity contribution is 0.0524. The van der Waals surface area contributed by atoms with E-state index in [1.54, 1.807) is 17.5 Å². The van der Waals surface area contributed by atoms with Gasteiger partial charge in [0.1, 0.15) is 23.0 Å². The lowest BCUT2D eigenvalue weighted by Crippen LogP contribution is -2.31. The van der Waals surface area contributed by atoms with E-state index in [1.165, 1.54) is 0 Å². The first-order chi connectivity index (χ1) is 12.2. The second-order valence-electron chi connectivity index (χ2n) is 6.69. The average Bonchev–Trinajstić information content (AvgIpc) is 3.01. The molecule has 0 saturated carbocycles. The third-order valence-electron chi connectivity index (χ3n) is 3.13. The van der Waals surface area contributed by atoms with Gasteiger partial charge >= 0.3 is 6.09 Å². The van der Waals surface area contributed by atoms with Gasteiger partial charge in [0.25, 0.3) is 0 Å². The lowest BCUT2D eigenvalue weighted by atomic mass is 10.2. The van der Waals surface area contributed by atoms with Gasteiger partial charge in [-0.2, -0.15) is 0 Å². The molecule has 142 valence electrons. The van der Waals surface area contributed by atoms with E-state index < -0.39 is 11.7 Å². The molecular formula is C18H24IN3O3S. The minimum absolute atomic E-state index is 0.400. The Morgan fingerprint density at radius 3 is 2.62 bits per heavy atom. The molecule has 0 aliphatic carbocycles. The molecule has 0 spiro atoms. The van der Waals surface area contributed by atoms with Crippen LogP contribution in [0.4, 0.5) is 4.79 Å². The number of benzene rings is 1. The highest BCUT2D eigenvalue weighted by Gasteiger charge is 2.16. The van der Waals surface area contributed by atoms with Crippen LogP contribution in [-0.4, -0.2) is 40.0 Å². The van der Waals surface area contributed by atoms with E-state index in [0.717, 1.165) is 27.7 Å². The Morgan fingerprint density at radius 1 is 1.31 bits per heavy atom. The maximum Gasteiger partial charge on any atom is 0.407 e. The van der Waals surface area contributed by atoms with Crippen molar-refractivity contribution in [3.63, 3.8) is 0 Å². The van der Waals surface area contributed by atoms with Gasteiger partial charge in [0, 0.05) is 46.0 Å². The molecule has 0 atom stereocenters. The van der Waals surface area contributed by atoms with Crippen molar-refractivity contribution < 1.29 is 14.3 Å². The predicted molar refractivity (Wildman–Crippen MR) is 113 cm³/mol. The van der Waals surface area contributed by atoms with Crippen LogP contribution in [-0.2, 0) is 11.3 Å². The quantitative estimate of drug-likeness (QED) is 0.459. The van der Waals surface area contributed by atoms with Crippen molar-refractivity contribution in [3.05, 3.63) is 35.3 Å². The number of ether oxygens (including phenoxy) is 2. The number of halogens is 1. The molecule has 1 heterocycles. The number of amides is 1. The van der Waals surface area contributed by atoms with E-state index in [1.807, 2.05) is 52.1 Å². The molecule has 8 heteroatoms. The number of aromatic nitrogens is 1. The largest absolute Gasteiger partial charge is 0.492 e. The minimum atomic E-state index is -0.501. The zero-order valence-electron chi connectivity index (χ0n) is 15.4. The van der Waals surface area contributed by atoms with Gasteiger partial charge < -0.3 is 14.8 Å². The molecule has 6 nitrogen and oxygen atoms in total. The van der Waals surface area contributed by atoms with Gasteiger partial charge in [-0.3, -0.25) is 0 Å². The number of nitrogens with zero attached hydrogens (tertiary/aromatic N) is 2. The van der Waals surface area contributed by atoms with E-state index >= 15 is 0 Å². The summed E-state index contributed by atoms with van der Waals surface area (Å²) in [6.07, 6.45) is 1.35. The molecule has 1 aromatic heterocycles. The first-order valence-electron chi connectivity index (χ1n) is 8.24. The van der Waals surface area contributed by atoms with Crippen molar-refractivity contribution in [2.45, 2.75) is 32.9 Å². The minimum Gasteiger partial charge on any atom is -0.492 e. The van der Waals surface area contributed by atoms with Crippen molar-refractivity contribution in [1.29, 1.82) is 0 Å². The summed E-state index contributed by atoms with van der Waals surface area (Å²) >= 11 is 3.77. The monoisotopic (exact) mass is 489 g/mol. The number of rotatable bonds is 7. The summed E-state index contributed by atoms with van der Waals surface area (Å²) in [6, 6.07) is 7.88. The number of hydrogen-bond donors (Lipinski definition) is 1. The summed E-state index contributed by atoms with van der Waals surface area (Å²) in [6.45, 7) is 7.43. The van der Waals surface area contributed by atoms with E-state index in [2.05, 4.69) is 36.3 Å². The second-order valence-corrected chi connectivity index (χ2v) is 9.45. The van der Waals surface area contributed by atoms with Crippen molar-refractivity contribution in [2.75, 3.05) is 20.2 Å². The topological polar surface area (TPSA) is 63.7 Å². The number of carbonyl (C=O) groups excluding carboxylic acids is 1. The number of nitrogens with one attached hydrogen (secondary N) is 1. The van der Waals surface area contributed by atoms with Gasteiger partial charge in [-0.05, 0) is 52.1 Å². The lowest BCUT2D eigenvalue weighted by Gasteiger charge is -2.19. The van der Waals surface area contributed by atoms with E-state index in [0.29, 0.717) is 13.2 Å². The van der Waals surface area contributed by atoms with Crippen LogP contribution in [0.3, 0.4) is 0 Å². The van der Waals surface area contributed by atoms with Crippen LogP contribution in [0.15, 0.2) is 30.5 Å². The van der Waals surface area contributed by atoms with Crippen LogP contribution in [0.25, 0.3) is 10.6 Å². The van der Waals surface area contributed by atoms with E-state index in [-0.39, 0.29) is 0 Å². The Labute approximate surface area is 172 Å². The van der Waals surface area contributed by atoms with E-state index in [4.69, 9.17) is 9.47 Å². The average molecular weight is 489 g/mol. The maximum absolute atomic E-state index is 11.7. The highest BCUT2D eigenvalue weighted by Crippen LogP contribution is 2.27. The Morgan fingerprint density at radius 2 is 2.00 bits per heavy atom. The molecule has 2 aromatic rings. The van der Waals surface area contributed by atoms with Gasteiger partial charge in [0.05, 0.1) is 6.54 Å². The highest BCUT2D eigenvalue weighted by molar-refractivity contribution is 14.1. The summed E-state index contributed by atoms with van der Waals surface area (Å²) < 4.78 is 13.0. The fraction of sp³-hybridized carbons (Fsp3) is 0.444. The molecule has 0 aliphatic heterocycles. The smallest absolute Gasteiger partial charge is 0.407 e. The van der Waals surface area contributed by atoms with Crippen LogP contribution < -0.4 is 10.1 Å². The van der Waals surface area contributed by atoms with Gasteiger partial charge in [0.15, 0.2) is 0 Å². The number of likely N-dealkylation sites (N-methyl/N-ethyl adjacent to an activating group) is 1. The standard InChI is InChI=1S/C18H24IN3O3S/c1-18(2,3)25-17(23)21-12-15-11-20-16(26-15)13-5-7-14(8-6-13)24-10-9-22(4)19/h5-8,11H,9-10,12H2,1-4H3,(H,21,23). The van der Waals surface area contributed by atoms with Crippen LogP contribution in [0.1, 0.15) is 25.6 Å². The van der Waals surface area contributed by atoms with E-state index in [9.17, 15) is 4.79 Å². The van der Waals surface area contributed by atoms with Crippen LogP contribution >= 0.6 is 34.2 Å². The summed E-state index contributed by atoms with van der Waals surface area (Å²) in [4.78, 5) is 17.1. The van der Waals surface area contributed by atoms with Gasteiger partial charge in [0.2, 0.25) is 0 Å². The Balaban J connectivity index is 1.87. The molecule has 0 radical (unpaired) electrons. The normalized spacial score (nSPS) is 11.5. The summed E-state index contributed by atoms with van der Waals surface area (Å²) in [5, 5.41) is 3.65. The Hall–Kier alpha value is -1.39. The summed E-state index contributed by atoms with van der Waals surface area (Å²) in [7, 11) is 2.00. The van der Waals surface area contributed by atoms with Crippen molar-refractivity contribution in [2.24, 2.45) is 0 Å². The number of carbonyl (C=O) groups is 1. The molecule has 0 aliphatic rings. The van der Waals surface area contributed by atoms with Crippen LogP contribution in [0, 0.1) is 0 Å². The third-order valence-corrected chi connectivity index (χ3v) is 4.66. The molecule has 26 heavy (non-hydrogen) atoms. The summed E-state index contributed by atoms with van der Waals surface area (Å²) in [5.41, 5.74) is 0.524. The zero-order valence-corrected chi connectivity index (χ0v) is 18.4. The second kappa shape index (κ2) is 9.52. The van der Waals surface area contributed by atoms with Crippen LogP contribution in [0.2, 0.25) is 0 Å². The molecule has 0 fully saturated rings. The third kappa shape index (κ3) is 7.46. The highest BCUT2D eigenvalue weighted by atomic mass is 127. The fourth-order valence-corrected chi connectivity index (χ4v) is 3.03. The van der Waals surface area contributed by atoms with Crippen molar-refractivity contribution >= 4 is 40.3 Å². The number of alkyl carbamates (subject to hydrolysis) is 1. The molecule has 0 unspecified atom stereocenters. The van der Waals surface area contributed by atoms with Gasteiger partial charge in [-0.15, -0.1) is 11.3 Å². The first kappa shape index (κ1) is 20.9. The fourth-order valence-electron chi connectivity index (χ4n) is 1.98. The van der Waals surface area contributed by atoms with Gasteiger partial charge in [-0.1, -0.05) is 0 Å². The van der Waals surface area contributed by atoms with Gasteiger partial charge in [-0.25, -0.2) is 12.9 Å². The molecule has 1 N–H and O–H groups in total. The molecule has 0 saturated heterocycles. The van der Waals surface area contributed by atoms with Crippen molar-refractivity contribution in [1.82, 2.24) is 13.4 Å². The zero-order chi connectivity index (χ0) is 19.2. The molecule has 2 rings (SSSR count). The Bertz CT molecular complexity index is 711.